The molecule has 0 atom stereocenters. The molecule has 8 heteroatoms. The van der Waals surface area contributed by atoms with Crippen LogP contribution in [0.3, 0.4) is 0 Å². The first-order chi connectivity index (χ1) is 14.7. The molecule has 162 valence electrons. The molecule has 0 aliphatic heterocycles. The number of anilines is 2. The van der Waals surface area contributed by atoms with E-state index in [9.17, 15) is 13.2 Å². The van der Waals surface area contributed by atoms with Crippen LogP contribution < -0.4 is 10.0 Å². The minimum absolute atomic E-state index is 0.0382. The molecule has 31 heavy (non-hydrogen) atoms. The Hall–Kier alpha value is -2.48. The number of hydrogen-bond acceptors (Lipinski definition) is 4. The molecule has 0 aliphatic rings. The van der Waals surface area contributed by atoms with Gasteiger partial charge in [-0.05, 0) is 67.1 Å². The van der Waals surface area contributed by atoms with Crippen LogP contribution in [0.2, 0.25) is 5.02 Å². The Kier molecular flexibility index (Phi) is 7.30. The largest absolute Gasteiger partial charge is 0.321 e. The van der Waals surface area contributed by atoms with E-state index in [-0.39, 0.29) is 15.5 Å². The van der Waals surface area contributed by atoms with Crippen molar-refractivity contribution >= 4 is 50.7 Å². The molecule has 3 aromatic carbocycles. The van der Waals surface area contributed by atoms with Crippen molar-refractivity contribution in [2.24, 2.45) is 0 Å². The third-order valence-electron chi connectivity index (χ3n) is 4.56. The molecule has 2 N–H and O–H groups in total. The molecule has 0 fully saturated rings. The van der Waals surface area contributed by atoms with E-state index in [1.165, 1.54) is 18.2 Å². The highest BCUT2D eigenvalue weighted by Gasteiger charge is 2.21. The highest BCUT2D eigenvalue weighted by atomic mass is 35.5. The van der Waals surface area contributed by atoms with Gasteiger partial charge in [-0.25, -0.2) is 8.42 Å². The van der Waals surface area contributed by atoms with E-state index in [1.807, 2.05) is 57.2 Å². The van der Waals surface area contributed by atoms with Crippen LogP contribution in [-0.4, -0.2) is 20.1 Å². The highest BCUT2D eigenvalue weighted by molar-refractivity contribution is 7.99. The molecule has 0 aromatic heterocycles. The van der Waals surface area contributed by atoms with Gasteiger partial charge >= 0.3 is 0 Å². The van der Waals surface area contributed by atoms with Crippen LogP contribution in [0.4, 0.5) is 11.4 Å². The zero-order valence-electron chi connectivity index (χ0n) is 17.4. The van der Waals surface area contributed by atoms with Crippen molar-refractivity contribution in [3.8, 4) is 0 Å². The van der Waals surface area contributed by atoms with Crippen molar-refractivity contribution in [2.45, 2.75) is 30.6 Å². The van der Waals surface area contributed by atoms with Crippen molar-refractivity contribution in [3.63, 3.8) is 0 Å². The quantitative estimate of drug-likeness (QED) is 0.404. The molecule has 0 saturated carbocycles. The van der Waals surface area contributed by atoms with Crippen LogP contribution in [0.5, 0.6) is 0 Å². The normalized spacial score (nSPS) is 11.2. The van der Waals surface area contributed by atoms with E-state index in [0.717, 1.165) is 21.8 Å². The van der Waals surface area contributed by atoms with Crippen molar-refractivity contribution in [1.29, 1.82) is 0 Å². The predicted octanol–water partition coefficient (Wildman–Crippen LogP) is 6.12. The standard InChI is InChI=1S/C23H23ClN2O3S2/c1-4-30-21-8-6-5-7-19(21)25-23(27)17-11-12-18(24)22(14-17)31(28,29)26-20-13-15(2)9-10-16(20)3/h5-14,26H,4H2,1-3H3,(H,25,27). The number of benzene rings is 3. The van der Waals surface area contributed by atoms with Gasteiger partial charge in [0.05, 0.1) is 16.4 Å². The fourth-order valence-corrected chi connectivity index (χ4v) is 5.35. The number of amides is 1. The van der Waals surface area contributed by atoms with E-state index in [1.54, 1.807) is 17.8 Å². The molecule has 0 bridgehead atoms. The van der Waals surface area contributed by atoms with Gasteiger partial charge in [0.25, 0.3) is 15.9 Å². The Morgan fingerprint density at radius 3 is 2.48 bits per heavy atom. The molecule has 3 rings (SSSR count). The molecule has 0 aliphatic carbocycles. The van der Waals surface area contributed by atoms with Crippen LogP contribution in [0.15, 0.2) is 70.5 Å². The number of sulfonamides is 1. The van der Waals surface area contributed by atoms with E-state index in [4.69, 9.17) is 11.6 Å². The van der Waals surface area contributed by atoms with Crippen LogP contribution >= 0.6 is 23.4 Å². The van der Waals surface area contributed by atoms with Gasteiger partial charge in [0, 0.05) is 10.5 Å². The second kappa shape index (κ2) is 9.77. The first-order valence-electron chi connectivity index (χ1n) is 9.64. The smallest absolute Gasteiger partial charge is 0.263 e. The molecule has 0 unspecified atom stereocenters. The van der Waals surface area contributed by atoms with Gasteiger partial charge in [0.15, 0.2) is 0 Å². The lowest BCUT2D eigenvalue weighted by Gasteiger charge is -2.14. The fourth-order valence-electron chi connectivity index (χ4n) is 2.94. The third kappa shape index (κ3) is 5.61. The Labute approximate surface area is 192 Å². The maximum absolute atomic E-state index is 13.0. The second-order valence-electron chi connectivity index (χ2n) is 6.95. The number of carbonyl (C=O) groups excluding carboxylic acids is 1. The summed E-state index contributed by atoms with van der Waals surface area (Å²) in [6, 6.07) is 17.2. The number of carbonyl (C=O) groups is 1. The molecule has 5 nitrogen and oxygen atoms in total. The molecule has 1 amide bonds. The van der Waals surface area contributed by atoms with Crippen LogP contribution in [0.25, 0.3) is 0 Å². The predicted molar refractivity (Wildman–Crippen MR) is 129 cm³/mol. The van der Waals surface area contributed by atoms with Gasteiger partial charge in [-0.1, -0.05) is 42.8 Å². The summed E-state index contributed by atoms with van der Waals surface area (Å²) < 4.78 is 28.6. The van der Waals surface area contributed by atoms with Crippen LogP contribution in [-0.2, 0) is 10.0 Å². The number of halogens is 1. The van der Waals surface area contributed by atoms with Gasteiger partial charge in [-0.3, -0.25) is 9.52 Å². The Bertz CT molecular complexity index is 1230. The van der Waals surface area contributed by atoms with Gasteiger partial charge in [0.2, 0.25) is 0 Å². The number of nitrogens with one attached hydrogen (secondary N) is 2. The van der Waals surface area contributed by atoms with Crippen molar-refractivity contribution in [2.75, 3.05) is 15.8 Å². The number of rotatable bonds is 7. The van der Waals surface area contributed by atoms with Gasteiger partial charge in [0.1, 0.15) is 4.90 Å². The molecule has 0 radical (unpaired) electrons. The number of hydrogen-bond donors (Lipinski definition) is 2. The lowest BCUT2D eigenvalue weighted by atomic mass is 10.1. The Morgan fingerprint density at radius 2 is 1.74 bits per heavy atom. The molecular weight excluding hydrogens is 452 g/mol. The number of aryl methyl sites for hydroxylation is 2. The Morgan fingerprint density at radius 1 is 1.00 bits per heavy atom. The van der Waals surface area contributed by atoms with E-state index in [2.05, 4.69) is 10.0 Å². The monoisotopic (exact) mass is 474 g/mol. The summed E-state index contributed by atoms with van der Waals surface area (Å²) in [6.07, 6.45) is 0. The van der Waals surface area contributed by atoms with Crippen LogP contribution in [0, 0.1) is 13.8 Å². The molecule has 0 saturated heterocycles. The first-order valence-corrected chi connectivity index (χ1v) is 12.5. The average molecular weight is 475 g/mol. The van der Waals surface area contributed by atoms with Gasteiger partial charge in [-0.15, -0.1) is 11.8 Å². The van der Waals surface area contributed by atoms with Gasteiger partial charge in [-0.2, -0.15) is 0 Å². The van der Waals surface area contributed by atoms with E-state index < -0.39 is 15.9 Å². The average Bonchev–Trinajstić information content (AvgIpc) is 2.72. The topological polar surface area (TPSA) is 75.3 Å². The summed E-state index contributed by atoms with van der Waals surface area (Å²) in [5.41, 5.74) is 3.04. The maximum atomic E-state index is 13.0. The second-order valence-corrected chi connectivity index (χ2v) is 10.3. The van der Waals surface area contributed by atoms with Crippen molar-refractivity contribution in [1.82, 2.24) is 0 Å². The molecule has 0 spiro atoms. The number of thioether (sulfide) groups is 1. The van der Waals surface area contributed by atoms with E-state index in [0.29, 0.717) is 11.4 Å². The molecule has 0 heterocycles. The Balaban J connectivity index is 1.91. The lowest BCUT2D eigenvalue weighted by molar-refractivity contribution is 0.102. The highest BCUT2D eigenvalue weighted by Crippen LogP contribution is 2.29. The minimum atomic E-state index is -3.99. The SMILES string of the molecule is CCSc1ccccc1NC(=O)c1ccc(Cl)c(S(=O)(=O)Nc2cc(C)ccc2C)c1. The summed E-state index contributed by atoms with van der Waals surface area (Å²) >= 11 is 7.81. The van der Waals surface area contributed by atoms with Crippen molar-refractivity contribution < 1.29 is 13.2 Å². The van der Waals surface area contributed by atoms with Crippen LogP contribution in [0.1, 0.15) is 28.4 Å². The third-order valence-corrected chi connectivity index (χ3v) is 7.36. The summed E-state index contributed by atoms with van der Waals surface area (Å²) in [6.45, 7) is 5.72. The van der Waals surface area contributed by atoms with Gasteiger partial charge < -0.3 is 5.32 Å². The molecule has 3 aromatic rings. The fraction of sp³-hybridized carbons (Fsp3) is 0.174. The zero-order chi connectivity index (χ0) is 22.6. The summed E-state index contributed by atoms with van der Waals surface area (Å²) in [4.78, 5) is 13.6. The summed E-state index contributed by atoms with van der Waals surface area (Å²) in [7, 11) is -3.99. The summed E-state index contributed by atoms with van der Waals surface area (Å²) in [5.74, 6) is 0.448. The number of para-hydroxylation sites is 1. The zero-order valence-corrected chi connectivity index (χ0v) is 19.8. The van der Waals surface area contributed by atoms with E-state index >= 15 is 0 Å². The lowest BCUT2D eigenvalue weighted by Crippen LogP contribution is -2.17. The maximum Gasteiger partial charge on any atom is 0.263 e. The summed E-state index contributed by atoms with van der Waals surface area (Å²) in [5, 5.41) is 2.90. The molecular formula is C23H23ClN2O3S2. The minimum Gasteiger partial charge on any atom is -0.321 e. The first kappa shape index (κ1) is 23.2. The van der Waals surface area contributed by atoms with Crippen molar-refractivity contribution in [3.05, 3.63) is 82.4 Å².